The van der Waals surface area contributed by atoms with E-state index in [9.17, 15) is 4.79 Å². The number of ketones is 1. The molecule has 13 heavy (non-hydrogen) atoms. The zero-order chi connectivity index (χ0) is 10.5. The van der Waals surface area contributed by atoms with Crippen molar-refractivity contribution in [2.24, 2.45) is 0 Å². The van der Waals surface area contributed by atoms with Crippen LogP contribution >= 0.6 is 0 Å². The van der Waals surface area contributed by atoms with Gasteiger partial charge in [0.25, 0.3) is 0 Å². The van der Waals surface area contributed by atoms with Crippen molar-refractivity contribution in [2.45, 2.75) is 45.8 Å². The molecule has 4 nitrogen and oxygen atoms in total. The molecule has 0 rings (SSSR count). The molecular formula is C9H16N2O2. The smallest absolute Gasteiger partial charge is 0.323 e. The van der Waals surface area contributed by atoms with E-state index in [2.05, 4.69) is 4.79 Å². The van der Waals surface area contributed by atoms with Crippen molar-refractivity contribution < 1.29 is 14.3 Å². The second-order valence-electron chi connectivity index (χ2n) is 3.96. The van der Waals surface area contributed by atoms with Gasteiger partial charge in [-0.1, -0.05) is 0 Å². The van der Waals surface area contributed by atoms with Crippen LogP contribution in [0, 0.1) is 0 Å². The highest BCUT2D eigenvalue weighted by atomic mass is 16.5. The van der Waals surface area contributed by atoms with Crippen molar-refractivity contribution in [2.75, 3.05) is 0 Å². The normalized spacial score (nSPS) is 13.2. The van der Waals surface area contributed by atoms with E-state index in [1.165, 1.54) is 0 Å². The lowest BCUT2D eigenvalue weighted by atomic mass is 10.1. The molecule has 0 aliphatic heterocycles. The number of nitrogens with zero attached hydrogens (tertiary/aromatic N) is 2. The quantitative estimate of drug-likeness (QED) is 0.377. The Bertz CT molecular complexity index is 224. The molecule has 1 atom stereocenters. The van der Waals surface area contributed by atoms with E-state index in [1.807, 2.05) is 27.7 Å². The highest BCUT2D eigenvalue weighted by Crippen LogP contribution is 2.12. The molecule has 0 aromatic rings. The topological polar surface area (TPSA) is 62.7 Å². The van der Waals surface area contributed by atoms with E-state index in [4.69, 9.17) is 10.3 Å². The van der Waals surface area contributed by atoms with Gasteiger partial charge in [-0.2, -0.15) is 4.79 Å². The van der Waals surface area contributed by atoms with Crippen LogP contribution in [0.1, 0.15) is 34.1 Å². The zero-order valence-corrected chi connectivity index (χ0v) is 8.57. The molecule has 4 heteroatoms. The van der Waals surface area contributed by atoms with Crippen molar-refractivity contribution in [1.29, 1.82) is 0 Å². The third-order valence-electron chi connectivity index (χ3n) is 1.25. The predicted molar refractivity (Wildman–Crippen MR) is 49.6 cm³/mol. The maximum absolute atomic E-state index is 11.0. The third-order valence-corrected chi connectivity index (χ3v) is 1.25. The molecule has 0 heterocycles. The maximum Gasteiger partial charge on any atom is 0.323 e. The second kappa shape index (κ2) is 4.90. The fraction of sp³-hybridized carbons (Fsp3) is 0.778. The summed E-state index contributed by atoms with van der Waals surface area (Å²) in [4.78, 5) is 13.6. The van der Waals surface area contributed by atoms with Gasteiger partial charge in [-0.3, -0.25) is 4.79 Å². The largest absolute Gasteiger partial charge is 0.372 e. The summed E-state index contributed by atoms with van der Waals surface area (Å²) in [5.41, 5.74) is 7.84. The van der Waals surface area contributed by atoms with Crippen molar-refractivity contribution in [3.05, 3.63) is 5.53 Å². The van der Waals surface area contributed by atoms with Gasteiger partial charge >= 0.3 is 6.21 Å². The lowest BCUT2D eigenvalue weighted by Crippen LogP contribution is -2.27. The van der Waals surface area contributed by atoms with Crippen LogP contribution in [0.3, 0.4) is 0 Å². The first kappa shape index (κ1) is 12.0. The number of ether oxygens (including phenoxy) is 1. The van der Waals surface area contributed by atoms with Crippen LogP contribution in [-0.4, -0.2) is 28.5 Å². The van der Waals surface area contributed by atoms with Crippen LogP contribution in [0.5, 0.6) is 0 Å². The van der Waals surface area contributed by atoms with Crippen LogP contribution in [0.25, 0.3) is 5.53 Å². The molecular weight excluding hydrogens is 168 g/mol. The lowest BCUT2D eigenvalue weighted by Gasteiger charge is -2.23. The molecule has 0 aliphatic rings. The third kappa shape index (κ3) is 7.37. The number of hydrogen-bond acceptors (Lipinski definition) is 2. The van der Waals surface area contributed by atoms with E-state index in [-0.39, 0.29) is 23.9 Å². The minimum atomic E-state index is -0.254. The molecule has 0 spiro atoms. The van der Waals surface area contributed by atoms with Gasteiger partial charge in [0.05, 0.1) is 11.7 Å². The summed E-state index contributed by atoms with van der Waals surface area (Å²) in [6, 6.07) is 0. The van der Waals surface area contributed by atoms with Gasteiger partial charge < -0.3 is 10.3 Å². The summed E-state index contributed by atoms with van der Waals surface area (Å²) in [7, 11) is 0. The van der Waals surface area contributed by atoms with Crippen molar-refractivity contribution in [3.8, 4) is 0 Å². The molecule has 0 aromatic carbocycles. The monoisotopic (exact) mass is 184 g/mol. The highest BCUT2D eigenvalue weighted by molar-refractivity contribution is 6.25. The Morgan fingerprint density at radius 3 is 2.54 bits per heavy atom. The standard InChI is InChI=1S/C9H16N2O2/c1-7(13-9(2,3)4)5-8(12)6-11-10/h6-7H,5H2,1-4H3/t7-/m1/s1. The molecule has 0 aromatic heterocycles. The molecule has 0 bridgehead atoms. The molecule has 0 aliphatic carbocycles. The van der Waals surface area contributed by atoms with E-state index in [0.717, 1.165) is 6.21 Å². The molecule has 0 N–H and O–H groups in total. The number of Topliss-reactive ketones (excluding diaryl/α,β-unsaturated/α-hetero) is 1. The fourth-order valence-electron chi connectivity index (χ4n) is 1.05. The molecule has 0 saturated carbocycles. The van der Waals surface area contributed by atoms with Gasteiger partial charge in [-0.15, -0.1) is 0 Å². The van der Waals surface area contributed by atoms with Crippen LogP contribution in [0.15, 0.2) is 0 Å². The van der Waals surface area contributed by atoms with Gasteiger partial charge in [-0.25, -0.2) is 0 Å². The summed E-state index contributed by atoms with van der Waals surface area (Å²) in [6.45, 7) is 7.59. The Kier molecular flexibility index (Phi) is 4.52. The maximum atomic E-state index is 11.0. The lowest BCUT2D eigenvalue weighted by molar-refractivity contribution is -0.121. The van der Waals surface area contributed by atoms with E-state index in [0.29, 0.717) is 0 Å². The van der Waals surface area contributed by atoms with Gasteiger partial charge in [-0.05, 0) is 27.7 Å². The summed E-state index contributed by atoms with van der Waals surface area (Å²) < 4.78 is 5.49. The van der Waals surface area contributed by atoms with Crippen molar-refractivity contribution in [1.82, 2.24) is 0 Å². The predicted octanol–water partition coefficient (Wildman–Crippen LogP) is 1.45. The SMILES string of the molecule is C[C@H](CC(=O)C=[N+]=[N-])OC(C)(C)C. The molecule has 0 amide bonds. The van der Waals surface area contributed by atoms with Gasteiger partial charge in [0.15, 0.2) is 0 Å². The Morgan fingerprint density at radius 1 is 1.62 bits per heavy atom. The van der Waals surface area contributed by atoms with Crippen LogP contribution in [-0.2, 0) is 9.53 Å². The Hall–Kier alpha value is -0.990. The summed E-state index contributed by atoms with van der Waals surface area (Å²) in [5.74, 6) is -0.237. The first-order valence-electron chi connectivity index (χ1n) is 4.23. The number of carbonyl (C=O) groups is 1. The molecule has 74 valence electrons. The average molecular weight is 184 g/mol. The van der Waals surface area contributed by atoms with Gasteiger partial charge in [0, 0.05) is 6.42 Å². The number of carbonyl (C=O) groups excluding carboxylic acids is 1. The van der Waals surface area contributed by atoms with Gasteiger partial charge in [0.1, 0.15) is 0 Å². The summed E-state index contributed by atoms with van der Waals surface area (Å²) in [5, 5.41) is 0. The Balaban J connectivity index is 3.94. The molecule has 0 fully saturated rings. The number of hydrogen-bond donors (Lipinski definition) is 0. The van der Waals surface area contributed by atoms with Crippen molar-refractivity contribution in [3.63, 3.8) is 0 Å². The van der Waals surface area contributed by atoms with Crippen LogP contribution in [0.4, 0.5) is 0 Å². The fourth-order valence-corrected chi connectivity index (χ4v) is 1.05. The van der Waals surface area contributed by atoms with Crippen molar-refractivity contribution >= 4 is 12.0 Å². The first-order chi connectivity index (χ1) is 5.85. The summed E-state index contributed by atoms with van der Waals surface area (Å²) in [6.07, 6.45) is 0.967. The molecule has 0 unspecified atom stereocenters. The van der Waals surface area contributed by atoms with E-state index >= 15 is 0 Å². The Labute approximate surface area is 78.5 Å². The van der Waals surface area contributed by atoms with E-state index < -0.39 is 0 Å². The van der Waals surface area contributed by atoms with Crippen LogP contribution in [0.2, 0.25) is 0 Å². The molecule has 0 radical (unpaired) electrons. The van der Waals surface area contributed by atoms with Crippen LogP contribution < -0.4 is 0 Å². The Morgan fingerprint density at radius 2 is 2.15 bits per heavy atom. The second-order valence-corrected chi connectivity index (χ2v) is 3.96. The number of rotatable bonds is 4. The van der Waals surface area contributed by atoms with Gasteiger partial charge in [0.2, 0.25) is 5.78 Å². The minimum Gasteiger partial charge on any atom is -0.372 e. The molecule has 0 saturated heterocycles. The van der Waals surface area contributed by atoms with E-state index in [1.54, 1.807) is 0 Å². The first-order valence-corrected chi connectivity index (χ1v) is 4.23. The zero-order valence-electron chi connectivity index (χ0n) is 8.57. The average Bonchev–Trinajstić information content (AvgIpc) is 1.81. The minimum absolute atomic E-state index is 0.162. The summed E-state index contributed by atoms with van der Waals surface area (Å²) >= 11 is 0. The highest BCUT2D eigenvalue weighted by Gasteiger charge is 2.17.